The number of aryl methyl sites for hydroxylation is 1. The molecule has 0 aromatic carbocycles. The van der Waals surface area contributed by atoms with Crippen molar-refractivity contribution in [1.29, 1.82) is 0 Å². The van der Waals surface area contributed by atoms with E-state index in [1.165, 1.54) is 43.0 Å². The van der Waals surface area contributed by atoms with E-state index in [0.29, 0.717) is 0 Å². The van der Waals surface area contributed by atoms with Gasteiger partial charge in [0, 0.05) is 26.7 Å². The van der Waals surface area contributed by atoms with E-state index < -0.39 is 0 Å². The van der Waals surface area contributed by atoms with Gasteiger partial charge in [-0.05, 0) is 55.8 Å². The molecule has 0 amide bonds. The van der Waals surface area contributed by atoms with E-state index in [1.807, 2.05) is 11.3 Å². The van der Waals surface area contributed by atoms with Crippen LogP contribution in [0.1, 0.15) is 18.4 Å². The molecule has 0 spiro atoms. The number of thiophene rings is 1. The van der Waals surface area contributed by atoms with E-state index in [9.17, 15) is 0 Å². The van der Waals surface area contributed by atoms with Gasteiger partial charge >= 0.3 is 0 Å². The van der Waals surface area contributed by atoms with Gasteiger partial charge in [0.25, 0.3) is 0 Å². The first-order chi connectivity index (χ1) is 8.70. The molecule has 1 aliphatic heterocycles. The van der Waals surface area contributed by atoms with Crippen LogP contribution in [0.4, 0.5) is 5.00 Å². The number of likely N-dealkylation sites (tertiary alicyclic amines) is 1. The van der Waals surface area contributed by atoms with E-state index in [2.05, 4.69) is 35.2 Å². The molecule has 2 N–H and O–H groups in total. The minimum Gasteiger partial charge on any atom is -0.366 e. The van der Waals surface area contributed by atoms with Crippen molar-refractivity contribution in [2.24, 2.45) is 11.7 Å². The third-order valence-electron chi connectivity index (χ3n) is 3.87. The molecule has 2 rings (SSSR count). The molecule has 18 heavy (non-hydrogen) atoms. The summed E-state index contributed by atoms with van der Waals surface area (Å²) < 4.78 is 0. The predicted octanol–water partition coefficient (Wildman–Crippen LogP) is 2.16. The molecule has 1 saturated heterocycles. The Bertz CT molecular complexity index is 356. The van der Waals surface area contributed by atoms with Gasteiger partial charge in [-0.15, -0.1) is 11.3 Å². The van der Waals surface area contributed by atoms with Gasteiger partial charge in [-0.1, -0.05) is 0 Å². The SMILES string of the molecule is Cc1ccsc1N(C)CC1CCN(CCN)CC1. The molecule has 0 aliphatic carbocycles. The van der Waals surface area contributed by atoms with Gasteiger partial charge < -0.3 is 15.5 Å². The van der Waals surface area contributed by atoms with Crippen LogP contribution < -0.4 is 10.6 Å². The molecule has 0 unspecified atom stereocenters. The highest BCUT2D eigenvalue weighted by atomic mass is 32.1. The van der Waals surface area contributed by atoms with Crippen LogP contribution in [-0.2, 0) is 0 Å². The number of anilines is 1. The fourth-order valence-corrected chi connectivity index (χ4v) is 3.71. The second-order valence-electron chi connectivity index (χ2n) is 5.36. The molecular weight excluding hydrogens is 242 g/mol. The quantitative estimate of drug-likeness (QED) is 0.887. The van der Waals surface area contributed by atoms with Crippen molar-refractivity contribution >= 4 is 16.3 Å². The summed E-state index contributed by atoms with van der Waals surface area (Å²) in [6.07, 6.45) is 2.63. The van der Waals surface area contributed by atoms with Crippen LogP contribution in [0, 0.1) is 12.8 Å². The van der Waals surface area contributed by atoms with Crippen LogP contribution in [0.3, 0.4) is 0 Å². The van der Waals surface area contributed by atoms with Crippen molar-refractivity contribution in [3.8, 4) is 0 Å². The van der Waals surface area contributed by atoms with Crippen LogP contribution >= 0.6 is 11.3 Å². The Balaban J connectivity index is 1.79. The molecule has 4 heteroatoms. The Morgan fingerprint density at radius 2 is 2.17 bits per heavy atom. The van der Waals surface area contributed by atoms with Crippen LogP contribution in [0.2, 0.25) is 0 Å². The number of nitrogens with zero attached hydrogens (tertiary/aromatic N) is 2. The Hall–Kier alpha value is -0.580. The maximum atomic E-state index is 5.61. The molecule has 1 aromatic rings. The first-order valence-electron chi connectivity index (χ1n) is 6.88. The standard InChI is InChI=1S/C14H25N3S/c1-12-5-10-18-14(12)16(2)11-13-3-7-17(8-4-13)9-6-15/h5,10,13H,3-4,6-9,11,15H2,1-2H3. The monoisotopic (exact) mass is 267 g/mol. The molecule has 0 atom stereocenters. The summed E-state index contributed by atoms with van der Waals surface area (Å²) in [6.45, 7) is 7.69. The van der Waals surface area contributed by atoms with Gasteiger partial charge in [0.1, 0.15) is 0 Å². The topological polar surface area (TPSA) is 32.5 Å². The molecule has 1 aliphatic rings. The smallest absolute Gasteiger partial charge is 0.0935 e. The van der Waals surface area contributed by atoms with Crippen LogP contribution in [-0.4, -0.2) is 44.7 Å². The first kappa shape index (κ1) is 13.8. The van der Waals surface area contributed by atoms with E-state index >= 15 is 0 Å². The number of nitrogens with two attached hydrogens (primary N) is 1. The van der Waals surface area contributed by atoms with Crippen molar-refractivity contribution < 1.29 is 0 Å². The van der Waals surface area contributed by atoms with Crippen molar-refractivity contribution in [3.05, 3.63) is 17.0 Å². The Morgan fingerprint density at radius 1 is 1.44 bits per heavy atom. The molecule has 0 radical (unpaired) electrons. The zero-order valence-electron chi connectivity index (χ0n) is 11.6. The normalized spacial score (nSPS) is 18.2. The molecule has 1 aromatic heterocycles. The van der Waals surface area contributed by atoms with E-state index in [0.717, 1.165) is 19.0 Å². The number of rotatable bonds is 5. The molecule has 0 saturated carbocycles. The van der Waals surface area contributed by atoms with E-state index in [-0.39, 0.29) is 0 Å². The van der Waals surface area contributed by atoms with Gasteiger partial charge in [-0.25, -0.2) is 0 Å². The Labute approximate surface area is 115 Å². The minimum absolute atomic E-state index is 0.791. The lowest BCUT2D eigenvalue weighted by Gasteiger charge is -2.34. The lowest BCUT2D eigenvalue weighted by Crippen LogP contribution is -2.39. The van der Waals surface area contributed by atoms with Gasteiger partial charge in [0.05, 0.1) is 5.00 Å². The van der Waals surface area contributed by atoms with Crippen LogP contribution in [0.5, 0.6) is 0 Å². The second kappa shape index (κ2) is 6.55. The largest absolute Gasteiger partial charge is 0.366 e. The van der Waals surface area contributed by atoms with Crippen molar-refractivity contribution in [1.82, 2.24) is 4.90 Å². The lowest BCUT2D eigenvalue weighted by atomic mass is 9.96. The molecule has 2 heterocycles. The van der Waals surface area contributed by atoms with Gasteiger partial charge in [0.2, 0.25) is 0 Å². The van der Waals surface area contributed by atoms with E-state index in [4.69, 9.17) is 5.73 Å². The Morgan fingerprint density at radius 3 is 2.72 bits per heavy atom. The fraction of sp³-hybridized carbons (Fsp3) is 0.714. The Kier molecular flexibility index (Phi) is 5.03. The zero-order valence-corrected chi connectivity index (χ0v) is 12.4. The molecule has 1 fully saturated rings. The van der Waals surface area contributed by atoms with Crippen molar-refractivity contribution in [3.63, 3.8) is 0 Å². The maximum Gasteiger partial charge on any atom is 0.0935 e. The fourth-order valence-electron chi connectivity index (χ4n) is 2.80. The number of hydrogen-bond donors (Lipinski definition) is 1. The van der Waals surface area contributed by atoms with Gasteiger partial charge in [-0.2, -0.15) is 0 Å². The highest BCUT2D eigenvalue weighted by Gasteiger charge is 2.20. The van der Waals surface area contributed by atoms with Crippen LogP contribution in [0.25, 0.3) is 0 Å². The average molecular weight is 267 g/mol. The highest BCUT2D eigenvalue weighted by molar-refractivity contribution is 7.14. The summed E-state index contributed by atoms with van der Waals surface area (Å²) >= 11 is 1.85. The molecule has 102 valence electrons. The maximum absolute atomic E-state index is 5.61. The summed E-state index contributed by atoms with van der Waals surface area (Å²) in [5, 5.41) is 3.62. The molecule has 3 nitrogen and oxygen atoms in total. The highest BCUT2D eigenvalue weighted by Crippen LogP contribution is 2.28. The van der Waals surface area contributed by atoms with Crippen LogP contribution in [0.15, 0.2) is 11.4 Å². The number of hydrogen-bond acceptors (Lipinski definition) is 4. The average Bonchev–Trinajstić information content (AvgIpc) is 2.78. The van der Waals surface area contributed by atoms with Crippen molar-refractivity contribution in [2.75, 3.05) is 44.7 Å². The summed E-state index contributed by atoms with van der Waals surface area (Å²) in [4.78, 5) is 4.93. The first-order valence-corrected chi connectivity index (χ1v) is 7.76. The third kappa shape index (κ3) is 3.46. The molecular formula is C14H25N3S. The van der Waals surface area contributed by atoms with E-state index in [1.54, 1.807) is 0 Å². The summed E-state index contributed by atoms with van der Waals surface area (Å²) in [5.74, 6) is 0.838. The predicted molar refractivity (Wildman–Crippen MR) is 80.5 cm³/mol. The summed E-state index contributed by atoms with van der Waals surface area (Å²) in [7, 11) is 2.23. The second-order valence-corrected chi connectivity index (χ2v) is 6.26. The minimum atomic E-state index is 0.791. The summed E-state index contributed by atoms with van der Waals surface area (Å²) in [5.41, 5.74) is 7.01. The third-order valence-corrected chi connectivity index (χ3v) is 5.00. The zero-order chi connectivity index (χ0) is 13.0. The molecule has 0 bridgehead atoms. The number of piperidine rings is 1. The van der Waals surface area contributed by atoms with Crippen molar-refractivity contribution in [2.45, 2.75) is 19.8 Å². The lowest BCUT2D eigenvalue weighted by molar-refractivity contribution is 0.191. The van der Waals surface area contributed by atoms with Gasteiger partial charge in [0.15, 0.2) is 0 Å². The summed E-state index contributed by atoms with van der Waals surface area (Å²) in [6, 6.07) is 2.21. The van der Waals surface area contributed by atoms with Gasteiger partial charge in [-0.3, -0.25) is 0 Å².